The molecule has 214 valence electrons. The van der Waals surface area contributed by atoms with Crippen molar-refractivity contribution < 1.29 is 19.1 Å². The highest BCUT2D eigenvalue weighted by Gasteiger charge is 2.35. The van der Waals surface area contributed by atoms with E-state index in [9.17, 15) is 14.4 Å². The van der Waals surface area contributed by atoms with Crippen molar-refractivity contribution in [1.29, 1.82) is 0 Å². The standard InChI is InChI=1S/C30H49N3O4S/c1-7-10-12-13-14-15-20-33(28(35)25(22-38)32-29(36)37-30(4,5)6)26(27(34)31-19-11-8-2)24-18-16-17-23(9-3)21-24/h9,16-18,21,25-26,38H,3,7-8,10-15,19-20,22H2,1-2,4-6H3,(H,31,34)(H,32,36). The number of thiol groups is 1. The lowest BCUT2D eigenvalue weighted by atomic mass is 9.99. The molecule has 0 heterocycles. The van der Waals surface area contributed by atoms with Crippen LogP contribution in [0.5, 0.6) is 0 Å². The Morgan fingerprint density at radius 3 is 2.32 bits per heavy atom. The number of benzene rings is 1. The second-order valence-electron chi connectivity index (χ2n) is 10.6. The Kier molecular flexibility index (Phi) is 15.8. The van der Waals surface area contributed by atoms with Crippen molar-refractivity contribution in [3.8, 4) is 0 Å². The Labute approximate surface area is 235 Å². The van der Waals surface area contributed by atoms with Gasteiger partial charge in [-0.1, -0.05) is 83.2 Å². The van der Waals surface area contributed by atoms with Crippen LogP contribution in [-0.4, -0.2) is 53.3 Å². The van der Waals surface area contributed by atoms with E-state index in [1.807, 2.05) is 24.3 Å². The highest BCUT2D eigenvalue weighted by Crippen LogP contribution is 2.25. The first-order valence-electron chi connectivity index (χ1n) is 14.0. The zero-order chi connectivity index (χ0) is 28.6. The van der Waals surface area contributed by atoms with E-state index in [4.69, 9.17) is 4.74 Å². The number of carbonyl (C=O) groups excluding carboxylic acids is 3. The Morgan fingerprint density at radius 1 is 1.05 bits per heavy atom. The number of alkyl carbamates (subject to hydrolysis) is 1. The Hall–Kier alpha value is -2.48. The molecule has 7 nitrogen and oxygen atoms in total. The average Bonchev–Trinajstić information content (AvgIpc) is 2.87. The molecule has 0 fully saturated rings. The van der Waals surface area contributed by atoms with Gasteiger partial charge in [0.05, 0.1) is 0 Å². The summed E-state index contributed by atoms with van der Waals surface area (Å²) < 4.78 is 5.38. The fourth-order valence-corrected chi connectivity index (χ4v) is 4.33. The molecule has 1 aromatic carbocycles. The van der Waals surface area contributed by atoms with Crippen LogP contribution in [0, 0.1) is 0 Å². The van der Waals surface area contributed by atoms with Gasteiger partial charge in [0.15, 0.2) is 0 Å². The van der Waals surface area contributed by atoms with Gasteiger partial charge in [0.25, 0.3) is 0 Å². The van der Waals surface area contributed by atoms with Crippen LogP contribution < -0.4 is 10.6 Å². The maximum atomic E-state index is 14.0. The third kappa shape index (κ3) is 12.4. The molecule has 0 spiro atoms. The predicted molar refractivity (Wildman–Crippen MR) is 159 cm³/mol. The van der Waals surface area contributed by atoms with Crippen LogP contribution in [0.3, 0.4) is 0 Å². The first-order valence-corrected chi connectivity index (χ1v) is 14.6. The van der Waals surface area contributed by atoms with Gasteiger partial charge in [0.2, 0.25) is 11.8 Å². The van der Waals surface area contributed by atoms with Crippen molar-refractivity contribution >= 4 is 36.6 Å². The van der Waals surface area contributed by atoms with Crippen molar-refractivity contribution in [3.05, 3.63) is 42.0 Å². The molecule has 1 rings (SSSR count). The minimum atomic E-state index is -0.943. The van der Waals surface area contributed by atoms with Crippen LogP contribution in [0.4, 0.5) is 4.79 Å². The van der Waals surface area contributed by atoms with Crippen LogP contribution in [0.1, 0.15) is 103 Å². The van der Waals surface area contributed by atoms with Crippen LogP contribution >= 0.6 is 12.6 Å². The number of hydrogen-bond acceptors (Lipinski definition) is 5. The molecule has 0 saturated carbocycles. The fourth-order valence-electron chi connectivity index (χ4n) is 4.08. The van der Waals surface area contributed by atoms with Gasteiger partial charge in [-0.05, 0) is 50.8 Å². The minimum absolute atomic E-state index is 0.0714. The first kappa shape index (κ1) is 33.5. The molecule has 1 aromatic rings. The van der Waals surface area contributed by atoms with Crippen molar-refractivity contribution in [2.75, 3.05) is 18.8 Å². The first-order chi connectivity index (χ1) is 18.1. The van der Waals surface area contributed by atoms with Crippen molar-refractivity contribution in [2.45, 2.75) is 104 Å². The summed E-state index contributed by atoms with van der Waals surface area (Å²) in [5.41, 5.74) is 0.851. The summed E-state index contributed by atoms with van der Waals surface area (Å²) in [4.78, 5) is 41.7. The number of ether oxygens (including phenoxy) is 1. The maximum Gasteiger partial charge on any atom is 0.408 e. The number of hydrogen-bond donors (Lipinski definition) is 3. The Bertz CT molecular complexity index is 884. The molecular formula is C30H49N3O4S. The number of rotatable bonds is 17. The highest BCUT2D eigenvalue weighted by atomic mass is 32.1. The molecule has 0 saturated heterocycles. The lowest BCUT2D eigenvalue weighted by molar-refractivity contribution is -0.142. The van der Waals surface area contributed by atoms with Gasteiger partial charge in [0, 0.05) is 18.8 Å². The van der Waals surface area contributed by atoms with Crippen LogP contribution in [0.15, 0.2) is 30.8 Å². The van der Waals surface area contributed by atoms with E-state index < -0.39 is 23.8 Å². The molecule has 0 bridgehead atoms. The number of carbonyl (C=O) groups is 3. The zero-order valence-corrected chi connectivity index (χ0v) is 24.9. The summed E-state index contributed by atoms with van der Waals surface area (Å²) in [6.45, 7) is 14.3. The fraction of sp³-hybridized carbons (Fsp3) is 0.633. The molecule has 38 heavy (non-hydrogen) atoms. The highest BCUT2D eigenvalue weighted by molar-refractivity contribution is 7.80. The molecule has 3 amide bonds. The third-order valence-electron chi connectivity index (χ3n) is 6.06. The molecule has 0 aliphatic rings. The van der Waals surface area contributed by atoms with Gasteiger partial charge >= 0.3 is 6.09 Å². The molecule has 2 N–H and O–H groups in total. The van der Waals surface area contributed by atoms with Gasteiger partial charge in [0.1, 0.15) is 17.7 Å². The minimum Gasteiger partial charge on any atom is -0.444 e. The van der Waals surface area contributed by atoms with Gasteiger partial charge in [-0.3, -0.25) is 9.59 Å². The van der Waals surface area contributed by atoms with Gasteiger partial charge in [-0.15, -0.1) is 0 Å². The molecule has 0 aromatic heterocycles. The second kappa shape index (κ2) is 17.9. The zero-order valence-electron chi connectivity index (χ0n) is 24.1. The lowest BCUT2D eigenvalue weighted by Gasteiger charge is -2.34. The molecule has 0 aliphatic heterocycles. The average molecular weight is 548 g/mol. The molecular weight excluding hydrogens is 498 g/mol. The summed E-state index contributed by atoms with van der Waals surface area (Å²) in [5.74, 6) is -0.532. The van der Waals surface area contributed by atoms with Crippen molar-refractivity contribution in [3.63, 3.8) is 0 Å². The summed E-state index contributed by atoms with van der Waals surface area (Å²) >= 11 is 4.36. The quantitative estimate of drug-likeness (QED) is 0.158. The smallest absolute Gasteiger partial charge is 0.408 e. The SMILES string of the molecule is C=Cc1cccc(C(C(=O)NCCCC)N(CCCCCCCC)C(=O)C(CS)NC(=O)OC(C)(C)C)c1. The summed E-state index contributed by atoms with van der Waals surface area (Å²) in [7, 11) is 0. The molecule has 8 heteroatoms. The molecule has 0 radical (unpaired) electrons. The largest absolute Gasteiger partial charge is 0.444 e. The topological polar surface area (TPSA) is 87.7 Å². The molecule has 2 unspecified atom stereocenters. The van der Waals surface area contributed by atoms with E-state index in [-0.39, 0.29) is 17.6 Å². The van der Waals surface area contributed by atoms with E-state index in [0.29, 0.717) is 18.7 Å². The second-order valence-corrected chi connectivity index (χ2v) is 11.0. The van der Waals surface area contributed by atoms with Crippen LogP contribution in [0.2, 0.25) is 0 Å². The van der Waals surface area contributed by atoms with Gasteiger partial charge in [-0.25, -0.2) is 4.79 Å². The maximum absolute atomic E-state index is 14.0. The predicted octanol–water partition coefficient (Wildman–Crippen LogP) is 6.30. The third-order valence-corrected chi connectivity index (χ3v) is 6.42. The van der Waals surface area contributed by atoms with Gasteiger partial charge in [-0.2, -0.15) is 12.6 Å². The van der Waals surface area contributed by atoms with E-state index in [1.54, 1.807) is 31.7 Å². The number of unbranched alkanes of at least 4 members (excludes halogenated alkanes) is 6. The number of amides is 3. The Morgan fingerprint density at radius 2 is 1.71 bits per heavy atom. The normalized spacial score (nSPS) is 12.8. The molecule has 0 aliphatic carbocycles. The van der Waals surface area contributed by atoms with Gasteiger partial charge < -0.3 is 20.3 Å². The number of nitrogens with zero attached hydrogens (tertiary/aromatic N) is 1. The van der Waals surface area contributed by atoms with Crippen molar-refractivity contribution in [2.24, 2.45) is 0 Å². The van der Waals surface area contributed by atoms with E-state index in [2.05, 4.69) is 43.7 Å². The van der Waals surface area contributed by atoms with E-state index >= 15 is 0 Å². The summed E-state index contributed by atoms with van der Waals surface area (Å²) in [6, 6.07) is 5.72. The lowest BCUT2D eigenvalue weighted by Crippen LogP contribution is -2.54. The van der Waals surface area contributed by atoms with Crippen LogP contribution in [0.25, 0.3) is 6.08 Å². The monoisotopic (exact) mass is 547 g/mol. The van der Waals surface area contributed by atoms with E-state index in [1.165, 1.54) is 6.42 Å². The summed E-state index contributed by atoms with van der Waals surface area (Å²) in [5, 5.41) is 5.68. The summed E-state index contributed by atoms with van der Waals surface area (Å²) in [6.07, 6.45) is 9.07. The van der Waals surface area contributed by atoms with Crippen molar-refractivity contribution in [1.82, 2.24) is 15.5 Å². The molecule has 2 atom stereocenters. The Balaban J connectivity index is 3.35. The number of nitrogens with one attached hydrogen (secondary N) is 2. The van der Waals surface area contributed by atoms with Crippen LogP contribution in [-0.2, 0) is 14.3 Å². The van der Waals surface area contributed by atoms with E-state index in [0.717, 1.165) is 50.5 Å².